The van der Waals surface area contributed by atoms with Crippen LogP contribution in [0.25, 0.3) is 0 Å². The number of nitrogens with zero attached hydrogens (tertiary/aromatic N) is 1. The molecule has 0 saturated heterocycles. The molecule has 2 aromatic rings. The number of carbonyl (C=O) groups is 1. The Morgan fingerprint density at radius 2 is 1.36 bits per heavy atom. The fourth-order valence-corrected chi connectivity index (χ4v) is 3.09. The molecule has 0 atom stereocenters. The van der Waals surface area contributed by atoms with Crippen molar-refractivity contribution in [3.05, 3.63) is 83.1 Å². The quantitative estimate of drug-likeness (QED) is 0.738. The molecule has 0 bridgehead atoms. The number of allylic oxidation sites excluding steroid dienone is 2. The van der Waals surface area contributed by atoms with Gasteiger partial charge in [-0.3, -0.25) is 4.79 Å². The average molecular weight is 291 g/mol. The lowest BCUT2D eigenvalue weighted by atomic mass is 10.1. The molecule has 0 radical (unpaired) electrons. The normalized spacial score (nSPS) is 14.2. The van der Waals surface area contributed by atoms with Crippen LogP contribution in [0.3, 0.4) is 0 Å². The van der Waals surface area contributed by atoms with Gasteiger partial charge in [-0.25, -0.2) is 0 Å². The molecule has 3 rings (SSSR count). The monoisotopic (exact) mass is 291 g/mol. The zero-order valence-corrected chi connectivity index (χ0v) is 12.7. The molecule has 22 heavy (non-hydrogen) atoms. The van der Waals surface area contributed by atoms with Crippen molar-refractivity contribution in [2.75, 3.05) is 0 Å². The smallest absolute Gasteiger partial charge is 0.147 e. The van der Waals surface area contributed by atoms with Gasteiger partial charge in [-0.15, -0.1) is 0 Å². The van der Waals surface area contributed by atoms with Crippen LogP contribution in [0.5, 0.6) is 0 Å². The summed E-state index contributed by atoms with van der Waals surface area (Å²) in [4.78, 5) is 13.7. The van der Waals surface area contributed by atoms with Crippen LogP contribution >= 0.6 is 0 Å². The largest absolute Gasteiger partial charge is 0.366 e. The van der Waals surface area contributed by atoms with E-state index >= 15 is 0 Å². The predicted molar refractivity (Wildman–Crippen MR) is 89.1 cm³/mol. The minimum Gasteiger partial charge on any atom is -0.366 e. The highest BCUT2D eigenvalue weighted by atomic mass is 16.1. The zero-order valence-electron chi connectivity index (χ0n) is 12.7. The minimum atomic E-state index is 0.850. The Labute approximate surface area is 132 Å². The van der Waals surface area contributed by atoms with Crippen molar-refractivity contribution in [1.82, 2.24) is 4.90 Å². The molecule has 0 aliphatic heterocycles. The van der Waals surface area contributed by atoms with Crippen molar-refractivity contribution in [2.24, 2.45) is 0 Å². The third-order valence-electron chi connectivity index (χ3n) is 4.19. The lowest BCUT2D eigenvalue weighted by Gasteiger charge is -2.27. The lowest BCUT2D eigenvalue weighted by Crippen LogP contribution is -2.22. The van der Waals surface area contributed by atoms with Gasteiger partial charge in [0.1, 0.15) is 6.29 Å². The van der Waals surface area contributed by atoms with E-state index in [0.717, 1.165) is 44.2 Å². The molecule has 0 fully saturated rings. The third-order valence-corrected chi connectivity index (χ3v) is 4.19. The van der Waals surface area contributed by atoms with Gasteiger partial charge in [0.2, 0.25) is 0 Å². The summed E-state index contributed by atoms with van der Waals surface area (Å²) in [5.74, 6) is 0. The van der Waals surface area contributed by atoms with Crippen molar-refractivity contribution in [3.8, 4) is 0 Å². The van der Waals surface area contributed by atoms with Crippen LogP contribution in [0.1, 0.15) is 30.4 Å². The van der Waals surface area contributed by atoms with Gasteiger partial charge in [-0.1, -0.05) is 60.7 Å². The molecular formula is C20H21NO. The topological polar surface area (TPSA) is 20.3 Å². The first-order chi connectivity index (χ1) is 10.9. The molecule has 1 aliphatic rings. The van der Waals surface area contributed by atoms with Gasteiger partial charge < -0.3 is 4.90 Å². The average Bonchev–Trinajstić information content (AvgIpc) is 3.05. The molecule has 2 heteroatoms. The maximum Gasteiger partial charge on any atom is 0.147 e. The van der Waals surface area contributed by atoms with Gasteiger partial charge in [0.25, 0.3) is 0 Å². The number of rotatable bonds is 6. The molecule has 0 amide bonds. The van der Waals surface area contributed by atoms with Crippen molar-refractivity contribution in [3.63, 3.8) is 0 Å². The highest BCUT2D eigenvalue weighted by Crippen LogP contribution is 2.30. The molecule has 1 aliphatic carbocycles. The summed E-state index contributed by atoms with van der Waals surface area (Å²) in [5, 5.41) is 0. The fraction of sp³-hybridized carbons (Fsp3) is 0.250. The van der Waals surface area contributed by atoms with E-state index in [9.17, 15) is 4.79 Å². The number of hydrogen-bond acceptors (Lipinski definition) is 2. The van der Waals surface area contributed by atoms with Gasteiger partial charge in [0.15, 0.2) is 0 Å². The van der Waals surface area contributed by atoms with Crippen LogP contribution < -0.4 is 0 Å². The standard InChI is InChI=1S/C20H21NO/c22-16-19-12-7-13-20(19)21(14-17-8-3-1-4-9-17)15-18-10-5-2-6-11-18/h1-6,8-11,16H,7,12-15H2. The number of carbonyl (C=O) groups excluding carboxylic acids is 1. The molecular weight excluding hydrogens is 270 g/mol. The van der Waals surface area contributed by atoms with Gasteiger partial charge in [0.05, 0.1) is 0 Å². The Balaban J connectivity index is 1.87. The van der Waals surface area contributed by atoms with Crippen molar-refractivity contribution < 1.29 is 4.79 Å². The Morgan fingerprint density at radius 3 is 1.86 bits per heavy atom. The Kier molecular flexibility index (Phi) is 4.69. The molecule has 0 unspecified atom stereocenters. The lowest BCUT2D eigenvalue weighted by molar-refractivity contribution is -0.105. The van der Waals surface area contributed by atoms with Crippen molar-refractivity contribution >= 4 is 6.29 Å². The molecule has 0 spiro atoms. The predicted octanol–water partition coefficient (Wildman–Crippen LogP) is 4.33. The van der Waals surface area contributed by atoms with Gasteiger partial charge >= 0.3 is 0 Å². The van der Waals surface area contributed by atoms with Crippen LogP contribution in [-0.4, -0.2) is 11.2 Å². The van der Waals surface area contributed by atoms with Gasteiger partial charge in [0, 0.05) is 24.4 Å². The van der Waals surface area contributed by atoms with E-state index in [-0.39, 0.29) is 0 Å². The fourth-order valence-electron chi connectivity index (χ4n) is 3.09. The van der Waals surface area contributed by atoms with Gasteiger partial charge in [-0.2, -0.15) is 0 Å². The van der Waals surface area contributed by atoms with Gasteiger partial charge in [-0.05, 0) is 30.4 Å². The van der Waals surface area contributed by atoms with Crippen LogP contribution in [0, 0.1) is 0 Å². The Bertz CT molecular complexity index is 604. The first kappa shape index (κ1) is 14.6. The molecule has 112 valence electrons. The molecule has 0 saturated carbocycles. The molecule has 0 N–H and O–H groups in total. The summed E-state index contributed by atoms with van der Waals surface area (Å²) < 4.78 is 0. The maximum atomic E-state index is 11.3. The molecule has 0 heterocycles. The second kappa shape index (κ2) is 7.08. The third kappa shape index (κ3) is 3.45. The zero-order chi connectivity index (χ0) is 15.2. The van der Waals surface area contributed by atoms with Crippen LogP contribution in [-0.2, 0) is 17.9 Å². The summed E-state index contributed by atoms with van der Waals surface area (Å²) in [6.07, 6.45) is 4.06. The summed E-state index contributed by atoms with van der Waals surface area (Å²) >= 11 is 0. The second-order valence-corrected chi connectivity index (χ2v) is 5.77. The highest BCUT2D eigenvalue weighted by molar-refractivity contribution is 5.75. The van der Waals surface area contributed by atoms with Crippen LogP contribution in [0.4, 0.5) is 0 Å². The van der Waals surface area contributed by atoms with E-state index in [1.807, 2.05) is 12.1 Å². The SMILES string of the molecule is O=CC1=C(N(Cc2ccccc2)Cc2ccccc2)CCC1. The first-order valence-corrected chi connectivity index (χ1v) is 7.87. The summed E-state index contributed by atoms with van der Waals surface area (Å²) in [7, 11) is 0. The van der Waals surface area contributed by atoms with Crippen molar-refractivity contribution in [2.45, 2.75) is 32.4 Å². The molecule has 0 aromatic heterocycles. The first-order valence-electron chi connectivity index (χ1n) is 7.87. The molecule has 2 aromatic carbocycles. The van der Waals surface area contributed by atoms with Crippen LogP contribution in [0.2, 0.25) is 0 Å². The minimum absolute atomic E-state index is 0.850. The van der Waals surface area contributed by atoms with Crippen molar-refractivity contribution in [1.29, 1.82) is 0 Å². The summed E-state index contributed by atoms with van der Waals surface area (Å²) in [6.45, 7) is 1.70. The number of hydrogen-bond donors (Lipinski definition) is 0. The Hall–Kier alpha value is -2.35. The number of aldehydes is 1. The number of benzene rings is 2. The van der Waals surface area contributed by atoms with E-state index in [1.165, 1.54) is 16.8 Å². The van der Waals surface area contributed by atoms with E-state index in [4.69, 9.17) is 0 Å². The summed E-state index contributed by atoms with van der Waals surface area (Å²) in [6, 6.07) is 20.9. The van der Waals surface area contributed by atoms with E-state index in [2.05, 4.69) is 53.4 Å². The molecule has 2 nitrogen and oxygen atoms in total. The highest BCUT2D eigenvalue weighted by Gasteiger charge is 2.20. The Morgan fingerprint density at radius 1 is 0.818 bits per heavy atom. The van der Waals surface area contributed by atoms with Crippen LogP contribution in [0.15, 0.2) is 71.9 Å². The maximum absolute atomic E-state index is 11.3. The van der Waals surface area contributed by atoms with E-state index in [1.54, 1.807) is 0 Å². The van der Waals surface area contributed by atoms with E-state index < -0.39 is 0 Å². The van der Waals surface area contributed by atoms with E-state index in [0.29, 0.717) is 0 Å². The second-order valence-electron chi connectivity index (χ2n) is 5.77. The summed E-state index contributed by atoms with van der Waals surface area (Å²) in [5.41, 5.74) is 4.76.